The summed E-state index contributed by atoms with van der Waals surface area (Å²) in [6.07, 6.45) is 0. The number of aromatic nitrogens is 4. The monoisotopic (exact) mass is 452 g/mol. The average Bonchev–Trinajstić information content (AvgIpc) is 3.16. The van der Waals surface area contributed by atoms with E-state index in [2.05, 4.69) is 48.8 Å². The Labute approximate surface area is 192 Å². The van der Waals surface area contributed by atoms with Gasteiger partial charge in [-0.15, -0.1) is 0 Å². The van der Waals surface area contributed by atoms with Crippen LogP contribution in [0.15, 0.2) is 27.8 Å². The number of aryl methyl sites for hydroxylation is 3. The van der Waals surface area contributed by atoms with Crippen LogP contribution in [-0.4, -0.2) is 63.0 Å². The van der Waals surface area contributed by atoms with E-state index >= 15 is 0 Å². The molecule has 2 aliphatic rings. The smallest absolute Gasteiger partial charge is 0.332 e. The number of hydrogen-bond acceptors (Lipinski definition) is 6. The molecule has 0 spiro atoms. The lowest BCUT2D eigenvalue weighted by molar-refractivity contribution is 0.0361. The maximum atomic E-state index is 13.6. The van der Waals surface area contributed by atoms with Crippen LogP contribution < -0.4 is 16.1 Å². The van der Waals surface area contributed by atoms with Gasteiger partial charge in [-0.2, -0.15) is 4.98 Å². The van der Waals surface area contributed by atoms with Crippen LogP contribution in [0, 0.1) is 19.8 Å². The zero-order valence-electron chi connectivity index (χ0n) is 19.9. The van der Waals surface area contributed by atoms with Crippen LogP contribution in [0.2, 0.25) is 0 Å². The van der Waals surface area contributed by atoms with Crippen molar-refractivity contribution in [2.45, 2.75) is 33.9 Å². The summed E-state index contributed by atoms with van der Waals surface area (Å²) in [7, 11) is 1.71. The van der Waals surface area contributed by atoms with Gasteiger partial charge in [0.05, 0.1) is 13.2 Å². The maximum absolute atomic E-state index is 13.6. The number of nitrogens with zero attached hydrogens (tertiary/aromatic N) is 6. The third-order valence-corrected chi connectivity index (χ3v) is 6.70. The minimum Gasteiger partial charge on any atom is -0.379 e. The van der Waals surface area contributed by atoms with Crippen molar-refractivity contribution in [2.24, 2.45) is 13.0 Å². The van der Waals surface area contributed by atoms with E-state index in [1.165, 1.54) is 20.3 Å². The van der Waals surface area contributed by atoms with Gasteiger partial charge in [-0.05, 0) is 43.0 Å². The molecule has 2 aliphatic heterocycles. The van der Waals surface area contributed by atoms with Crippen molar-refractivity contribution in [3.8, 4) is 0 Å². The summed E-state index contributed by atoms with van der Waals surface area (Å²) >= 11 is 0. The SMILES string of the molecule is Cc1cc(C)cc(N2C[C@@H](C)Cn3c2nc2c3c(=O)n(CCN3CCOCC3)c(=O)n2C)c1. The fourth-order valence-electron chi connectivity index (χ4n) is 5.09. The molecule has 9 heteroatoms. The van der Waals surface area contributed by atoms with E-state index < -0.39 is 0 Å². The molecule has 0 N–H and O–H groups in total. The van der Waals surface area contributed by atoms with Crippen molar-refractivity contribution in [1.82, 2.24) is 23.6 Å². The van der Waals surface area contributed by atoms with Gasteiger partial charge in [-0.25, -0.2) is 4.79 Å². The molecule has 176 valence electrons. The molecule has 0 amide bonds. The second-order valence-electron chi connectivity index (χ2n) is 9.51. The Morgan fingerprint density at radius 2 is 1.73 bits per heavy atom. The van der Waals surface area contributed by atoms with E-state index in [1.807, 2.05) is 4.57 Å². The zero-order chi connectivity index (χ0) is 23.3. The van der Waals surface area contributed by atoms with Gasteiger partial charge in [-0.3, -0.25) is 18.8 Å². The number of ether oxygens (including phenoxy) is 1. The molecule has 1 fully saturated rings. The first-order valence-electron chi connectivity index (χ1n) is 11.7. The van der Waals surface area contributed by atoms with E-state index in [0.717, 1.165) is 31.3 Å². The molecule has 0 radical (unpaired) electrons. The van der Waals surface area contributed by atoms with Gasteiger partial charge in [0.1, 0.15) is 0 Å². The summed E-state index contributed by atoms with van der Waals surface area (Å²) in [5, 5.41) is 0. The summed E-state index contributed by atoms with van der Waals surface area (Å²) in [5.74, 6) is 1.06. The minimum absolute atomic E-state index is 0.255. The number of hydrogen-bond donors (Lipinski definition) is 0. The summed E-state index contributed by atoms with van der Waals surface area (Å²) in [6.45, 7) is 11.9. The number of imidazole rings is 1. The molecule has 1 saturated heterocycles. The van der Waals surface area contributed by atoms with Gasteiger partial charge < -0.3 is 14.2 Å². The molecule has 0 aliphatic carbocycles. The normalized spacial score (nSPS) is 19.3. The Morgan fingerprint density at radius 3 is 2.42 bits per heavy atom. The quantitative estimate of drug-likeness (QED) is 0.599. The van der Waals surface area contributed by atoms with Crippen LogP contribution in [0.3, 0.4) is 0 Å². The highest BCUT2D eigenvalue weighted by atomic mass is 16.5. The van der Waals surface area contributed by atoms with Gasteiger partial charge in [0.25, 0.3) is 5.56 Å². The second-order valence-corrected chi connectivity index (χ2v) is 9.51. The summed E-state index contributed by atoms with van der Waals surface area (Å²) in [6, 6.07) is 6.44. The van der Waals surface area contributed by atoms with Crippen molar-refractivity contribution in [3.63, 3.8) is 0 Å². The molecule has 1 aromatic carbocycles. The molecule has 3 aromatic rings. The van der Waals surface area contributed by atoms with Crippen LogP contribution >= 0.6 is 0 Å². The minimum atomic E-state index is -0.317. The molecule has 1 atom stereocenters. The first-order valence-corrected chi connectivity index (χ1v) is 11.7. The number of morpholine rings is 1. The summed E-state index contributed by atoms with van der Waals surface area (Å²) in [5.41, 5.74) is 3.82. The highest BCUT2D eigenvalue weighted by Crippen LogP contribution is 2.33. The highest BCUT2D eigenvalue weighted by molar-refractivity contribution is 5.77. The van der Waals surface area contributed by atoms with Crippen molar-refractivity contribution in [1.29, 1.82) is 0 Å². The Bertz CT molecular complexity index is 1290. The van der Waals surface area contributed by atoms with E-state index in [9.17, 15) is 9.59 Å². The molecular formula is C24H32N6O3. The van der Waals surface area contributed by atoms with E-state index in [4.69, 9.17) is 9.72 Å². The molecule has 4 heterocycles. The highest BCUT2D eigenvalue weighted by Gasteiger charge is 2.30. The van der Waals surface area contributed by atoms with Crippen LogP contribution in [0.4, 0.5) is 11.6 Å². The predicted octanol–water partition coefficient (Wildman–Crippen LogP) is 1.63. The van der Waals surface area contributed by atoms with Gasteiger partial charge in [0.15, 0.2) is 11.2 Å². The number of anilines is 2. The second kappa shape index (κ2) is 8.46. The standard InChI is InChI=1S/C24H32N6O3/c1-16-11-17(2)13-19(12-16)29-14-18(3)15-30-20-21(25-23(29)30)26(4)24(32)28(22(20)31)6-5-27-7-9-33-10-8-27/h11-13,18H,5-10,14-15H2,1-4H3/t18-/m1/s1. The van der Waals surface area contributed by atoms with Gasteiger partial charge in [-0.1, -0.05) is 13.0 Å². The first-order chi connectivity index (χ1) is 15.8. The molecule has 2 aromatic heterocycles. The van der Waals surface area contributed by atoms with Crippen LogP contribution in [0.5, 0.6) is 0 Å². The summed E-state index contributed by atoms with van der Waals surface area (Å²) < 4.78 is 10.3. The Hall–Kier alpha value is -2.91. The molecule has 33 heavy (non-hydrogen) atoms. The lowest BCUT2D eigenvalue weighted by Gasteiger charge is -2.33. The average molecular weight is 453 g/mol. The first kappa shape index (κ1) is 21.9. The molecule has 9 nitrogen and oxygen atoms in total. The van der Waals surface area contributed by atoms with Gasteiger partial charge in [0, 0.05) is 52.0 Å². The van der Waals surface area contributed by atoms with Crippen molar-refractivity contribution in [2.75, 3.05) is 44.3 Å². The number of benzene rings is 1. The third-order valence-electron chi connectivity index (χ3n) is 6.70. The van der Waals surface area contributed by atoms with E-state index in [1.54, 1.807) is 7.05 Å². The lowest BCUT2D eigenvalue weighted by Crippen LogP contribution is -2.44. The van der Waals surface area contributed by atoms with Crippen molar-refractivity contribution < 1.29 is 4.74 Å². The Balaban J connectivity index is 1.62. The Kier molecular flexibility index (Phi) is 5.62. The van der Waals surface area contributed by atoms with Gasteiger partial charge >= 0.3 is 5.69 Å². The molecule has 0 unspecified atom stereocenters. The van der Waals surface area contributed by atoms with Crippen LogP contribution in [0.25, 0.3) is 11.2 Å². The maximum Gasteiger partial charge on any atom is 0.332 e. The van der Waals surface area contributed by atoms with Crippen molar-refractivity contribution >= 4 is 22.8 Å². The molecular weight excluding hydrogens is 420 g/mol. The topological polar surface area (TPSA) is 77.5 Å². The largest absolute Gasteiger partial charge is 0.379 e. The van der Waals surface area contributed by atoms with E-state index in [0.29, 0.717) is 49.9 Å². The van der Waals surface area contributed by atoms with Crippen LogP contribution in [-0.2, 0) is 24.9 Å². The zero-order valence-corrected chi connectivity index (χ0v) is 19.9. The summed E-state index contributed by atoms with van der Waals surface area (Å²) in [4.78, 5) is 35.9. The fraction of sp³-hybridized carbons (Fsp3) is 0.542. The fourth-order valence-corrected chi connectivity index (χ4v) is 5.09. The van der Waals surface area contributed by atoms with Crippen molar-refractivity contribution in [3.05, 3.63) is 50.2 Å². The Morgan fingerprint density at radius 1 is 1.03 bits per heavy atom. The molecule has 0 saturated carbocycles. The number of fused-ring (bicyclic) bond motifs is 3. The predicted molar refractivity (Wildman–Crippen MR) is 129 cm³/mol. The van der Waals surface area contributed by atoms with Gasteiger partial charge in [0.2, 0.25) is 5.95 Å². The van der Waals surface area contributed by atoms with Crippen LogP contribution in [0.1, 0.15) is 18.1 Å². The van der Waals surface area contributed by atoms with E-state index in [-0.39, 0.29) is 11.2 Å². The lowest BCUT2D eigenvalue weighted by atomic mass is 10.1. The number of rotatable bonds is 4. The molecule has 0 bridgehead atoms. The third kappa shape index (κ3) is 3.89. The molecule has 5 rings (SSSR count).